The Hall–Kier alpha value is -1.06. The van der Waals surface area contributed by atoms with Crippen LogP contribution in [-0.4, -0.2) is 26.9 Å². The Kier molecular flexibility index (Phi) is 6.16. The van der Waals surface area contributed by atoms with E-state index in [1.165, 1.54) is 11.1 Å². The molecule has 2 unspecified atom stereocenters. The van der Waals surface area contributed by atoms with E-state index in [9.17, 15) is 0 Å². The molecule has 0 amide bonds. The molecule has 0 aliphatic carbocycles. The van der Waals surface area contributed by atoms with Crippen LogP contribution >= 0.6 is 0 Å². The first-order valence-corrected chi connectivity index (χ1v) is 6.51. The molecule has 1 aromatic rings. The van der Waals surface area contributed by atoms with Crippen molar-refractivity contribution in [1.29, 1.82) is 0 Å². The number of rotatable bonds is 7. The van der Waals surface area contributed by atoms with Gasteiger partial charge in [-0.15, -0.1) is 0 Å². The number of hydrogen-bond acceptors (Lipinski definition) is 3. The van der Waals surface area contributed by atoms with E-state index in [0.717, 1.165) is 18.8 Å². The van der Waals surface area contributed by atoms with Gasteiger partial charge in [0, 0.05) is 24.8 Å². The number of benzene rings is 1. The van der Waals surface area contributed by atoms with E-state index in [0.29, 0.717) is 6.04 Å². The summed E-state index contributed by atoms with van der Waals surface area (Å²) >= 11 is 0. The lowest BCUT2D eigenvalue weighted by Crippen LogP contribution is -2.34. The minimum Gasteiger partial charge on any atom is -0.496 e. The fourth-order valence-corrected chi connectivity index (χ4v) is 2.12. The number of methoxy groups -OCH3 is 2. The van der Waals surface area contributed by atoms with Gasteiger partial charge in [-0.3, -0.25) is 0 Å². The summed E-state index contributed by atoms with van der Waals surface area (Å²) < 4.78 is 10.6. The third-order valence-corrected chi connectivity index (χ3v) is 3.20. The SMILES string of the molecule is CCC(COC)NC(C)c1cc(C)ccc1OC. The van der Waals surface area contributed by atoms with E-state index in [1.54, 1.807) is 14.2 Å². The Morgan fingerprint density at radius 1 is 1.28 bits per heavy atom. The van der Waals surface area contributed by atoms with Gasteiger partial charge in [-0.1, -0.05) is 24.6 Å². The van der Waals surface area contributed by atoms with Gasteiger partial charge in [0.1, 0.15) is 5.75 Å². The molecule has 3 nitrogen and oxygen atoms in total. The average molecular weight is 251 g/mol. The van der Waals surface area contributed by atoms with Gasteiger partial charge in [0.15, 0.2) is 0 Å². The molecule has 0 aromatic heterocycles. The molecule has 102 valence electrons. The summed E-state index contributed by atoms with van der Waals surface area (Å²) in [5.41, 5.74) is 2.45. The molecule has 18 heavy (non-hydrogen) atoms. The molecule has 2 atom stereocenters. The first-order chi connectivity index (χ1) is 8.62. The van der Waals surface area contributed by atoms with Gasteiger partial charge in [0.25, 0.3) is 0 Å². The van der Waals surface area contributed by atoms with Gasteiger partial charge >= 0.3 is 0 Å². The normalized spacial score (nSPS) is 14.3. The minimum absolute atomic E-state index is 0.250. The van der Waals surface area contributed by atoms with Crippen LogP contribution in [0.15, 0.2) is 18.2 Å². The highest BCUT2D eigenvalue weighted by atomic mass is 16.5. The third-order valence-electron chi connectivity index (χ3n) is 3.20. The summed E-state index contributed by atoms with van der Waals surface area (Å²) in [5, 5.41) is 3.58. The van der Waals surface area contributed by atoms with Crippen molar-refractivity contribution in [2.75, 3.05) is 20.8 Å². The highest BCUT2D eigenvalue weighted by molar-refractivity contribution is 5.38. The summed E-state index contributed by atoms with van der Waals surface area (Å²) in [4.78, 5) is 0. The van der Waals surface area contributed by atoms with Crippen molar-refractivity contribution in [1.82, 2.24) is 5.32 Å². The standard InChI is InChI=1S/C15H25NO2/c1-6-13(10-17-4)16-12(3)14-9-11(2)7-8-15(14)18-5/h7-9,12-13,16H,6,10H2,1-5H3. The molecule has 0 saturated carbocycles. The molecule has 1 aromatic carbocycles. The van der Waals surface area contributed by atoms with Crippen LogP contribution in [0.25, 0.3) is 0 Å². The van der Waals surface area contributed by atoms with Gasteiger partial charge in [-0.05, 0) is 26.3 Å². The van der Waals surface area contributed by atoms with Gasteiger partial charge in [0.05, 0.1) is 13.7 Å². The zero-order valence-electron chi connectivity index (χ0n) is 12.1. The highest BCUT2D eigenvalue weighted by Gasteiger charge is 2.15. The van der Waals surface area contributed by atoms with E-state index in [-0.39, 0.29) is 6.04 Å². The summed E-state index contributed by atoms with van der Waals surface area (Å²) in [6, 6.07) is 6.90. The number of ether oxygens (including phenoxy) is 2. The van der Waals surface area contributed by atoms with Crippen molar-refractivity contribution in [2.45, 2.75) is 39.3 Å². The van der Waals surface area contributed by atoms with E-state index in [4.69, 9.17) is 9.47 Å². The maximum atomic E-state index is 5.43. The first kappa shape index (κ1) is 15.0. The molecule has 0 spiro atoms. The predicted molar refractivity (Wildman–Crippen MR) is 75.2 cm³/mol. The predicted octanol–water partition coefficient (Wildman–Crippen LogP) is 3.08. The molecule has 1 rings (SSSR count). The summed E-state index contributed by atoms with van der Waals surface area (Å²) in [5.74, 6) is 0.938. The van der Waals surface area contributed by atoms with Crippen molar-refractivity contribution in [3.05, 3.63) is 29.3 Å². The van der Waals surface area contributed by atoms with Crippen LogP contribution < -0.4 is 10.1 Å². The molecule has 0 saturated heterocycles. The van der Waals surface area contributed by atoms with Crippen LogP contribution in [-0.2, 0) is 4.74 Å². The second kappa shape index (κ2) is 7.39. The fourth-order valence-electron chi connectivity index (χ4n) is 2.12. The van der Waals surface area contributed by atoms with Crippen molar-refractivity contribution in [3.8, 4) is 5.75 Å². The smallest absolute Gasteiger partial charge is 0.123 e. The summed E-state index contributed by atoms with van der Waals surface area (Å²) in [7, 11) is 3.45. The molecule has 3 heteroatoms. The Labute approximate surface area is 110 Å². The van der Waals surface area contributed by atoms with Crippen molar-refractivity contribution in [2.24, 2.45) is 0 Å². The van der Waals surface area contributed by atoms with E-state index < -0.39 is 0 Å². The van der Waals surface area contributed by atoms with Crippen LogP contribution in [0.1, 0.15) is 37.4 Å². The Morgan fingerprint density at radius 3 is 2.56 bits per heavy atom. The second-order valence-corrected chi connectivity index (χ2v) is 4.69. The summed E-state index contributed by atoms with van der Waals surface area (Å²) in [6.45, 7) is 7.16. The quantitative estimate of drug-likeness (QED) is 0.808. The molecular weight excluding hydrogens is 226 g/mol. The minimum atomic E-state index is 0.250. The van der Waals surface area contributed by atoms with Crippen LogP contribution in [0.3, 0.4) is 0 Å². The van der Waals surface area contributed by atoms with Crippen LogP contribution in [0, 0.1) is 6.92 Å². The Bertz CT molecular complexity index is 366. The Morgan fingerprint density at radius 2 is 2.00 bits per heavy atom. The van der Waals surface area contributed by atoms with E-state index in [2.05, 4.69) is 38.2 Å². The lowest BCUT2D eigenvalue weighted by molar-refractivity contribution is 0.159. The van der Waals surface area contributed by atoms with Crippen LogP contribution in [0.2, 0.25) is 0 Å². The van der Waals surface area contributed by atoms with Gasteiger partial charge in [-0.2, -0.15) is 0 Å². The lowest BCUT2D eigenvalue weighted by atomic mass is 10.0. The summed E-state index contributed by atoms with van der Waals surface area (Å²) in [6.07, 6.45) is 1.05. The van der Waals surface area contributed by atoms with E-state index >= 15 is 0 Å². The molecule has 1 N–H and O–H groups in total. The zero-order chi connectivity index (χ0) is 13.5. The molecule has 0 aliphatic rings. The topological polar surface area (TPSA) is 30.5 Å². The van der Waals surface area contributed by atoms with E-state index in [1.807, 2.05) is 6.07 Å². The van der Waals surface area contributed by atoms with Crippen molar-refractivity contribution in [3.63, 3.8) is 0 Å². The average Bonchev–Trinajstić information content (AvgIpc) is 2.38. The zero-order valence-corrected chi connectivity index (χ0v) is 12.1. The fraction of sp³-hybridized carbons (Fsp3) is 0.600. The third kappa shape index (κ3) is 4.00. The van der Waals surface area contributed by atoms with Gasteiger partial charge < -0.3 is 14.8 Å². The maximum absolute atomic E-state index is 5.43. The molecule has 0 radical (unpaired) electrons. The maximum Gasteiger partial charge on any atom is 0.123 e. The molecule has 0 fully saturated rings. The number of hydrogen-bond donors (Lipinski definition) is 1. The lowest BCUT2D eigenvalue weighted by Gasteiger charge is -2.23. The molecule has 0 heterocycles. The largest absolute Gasteiger partial charge is 0.496 e. The van der Waals surface area contributed by atoms with Crippen LogP contribution in [0.4, 0.5) is 0 Å². The molecule has 0 bridgehead atoms. The van der Waals surface area contributed by atoms with Crippen molar-refractivity contribution >= 4 is 0 Å². The molecular formula is C15H25NO2. The monoisotopic (exact) mass is 251 g/mol. The van der Waals surface area contributed by atoms with Gasteiger partial charge in [0.2, 0.25) is 0 Å². The van der Waals surface area contributed by atoms with Gasteiger partial charge in [-0.25, -0.2) is 0 Å². The van der Waals surface area contributed by atoms with Crippen molar-refractivity contribution < 1.29 is 9.47 Å². The number of nitrogens with one attached hydrogen (secondary N) is 1. The molecule has 0 aliphatic heterocycles. The Balaban J connectivity index is 2.81. The second-order valence-electron chi connectivity index (χ2n) is 4.69. The highest BCUT2D eigenvalue weighted by Crippen LogP contribution is 2.26. The number of aryl methyl sites for hydroxylation is 1. The van der Waals surface area contributed by atoms with Crippen LogP contribution in [0.5, 0.6) is 5.75 Å². The first-order valence-electron chi connectivity index (χ1n) is 6.51.